The summed E-state index contributed by atoms with van der Waals surface area (Å²) in [7, 11) is 0. The number of piperazine rings is 1. The van der Waals surface area contributed by atoms with Crippen LogP contribution in [0.25, 0.3) is 21.6 Å². The Morgan fingerprint density at radius 2 is 1.84 bits per heavy atom. The molecule has 0 spiro atoms. The number of thiophene rings is 1. The maximum Gasteiger partial charge on any atom is 0.163 e. The van der Waals surface area contributed by atoms with Crippen molar-refractivity contribution >= 4 is 27.4 Å². The average Bonchev–Trinajstić information content (AvgIpc) is 3.03. The fourth-order valence-electron chi connectivity index (χ4n) is 3.31. The summed E-state index contributed by atoms with van der Waals surface area (Å²) in [5, 5.41) is 10.3. The van der Waals surface area contributed by atoms with E-state index in [4.69, 9.17) is 15.1 Å². The third-order valence-corrected chi connectivity index (χ3v) is 5.56. The molecule has 0 saturated carbocycles. The molecule has 1 aromatic carbocycles. The monoisotopic (exact) mass is 354 g/mol. The summed E-state index contributed by atoms with van der Waals surface area (Å²) in [6.45, 7) is 6.85. The van der Waals surface area contributed by atoms with E-state index in [2.05, 4.69) is 34.9 Å². The van der Waals surface area contributed by atoms with Crippen molar-refractivity contribution in [1.82, 2.24) is 14.9 Å². The first-order chi connectivity index (χ1) is 12.2. The number of aliphatic hydroxyl groups is 1. The molecule has 3 aromatic rings. The van der Waals surface area contributed by atoms with Crippen LogP contribution in [0.3, 0.4) is 0 Å². The second-order valence-electron chi connectivity index (χ2n) is 6.37. The molecule has 1 fully saturated rings. The molecule has 1 aliphatic heterocycles. The molecule has 4 rings (SSSR count). The van der Waals surface area contributed by atoms with Gasteiger partial charge in [0.05, 0.1) is 12.0 Å². The van der Waals surface area contributed by atoms with Crippen LogP contribution < -0.4 is 4.90 Å². The lowest BCUT2D eigenvalue weighted by molar-refractivity contribution is 0.188. The van der Waals surface area contributed by atoms with Gasteiger partial charge in [0.25, 0.3) is 0 Å². The van der Waals surface area contributed by atoms with Crippen LogP contribution in [0.1, 0.15) is 4.88 Å². The van der Waals surface area contributed by atoms with Crippen LogP contribution in [-0.2, 0) is 0 Å². The van der Waals surface area contributed by atoms with Gasteiger partial charge in [-0.15, -0.1) is 11.3 Å². The Bertz CT molecular complexity index is 856. The topological polar surface area (TPSA) is 52.5 Å². The van der Waals surface area contributed by atoms with E-state index in [0.717, 1.165) is 60.1 Å². The number of fused-ring (bicyclic) bond motifs is 1. The first kappa shape index (κ1) is 16.4. The van der Waals surface area contributed by atoms with Gasteiger partial charge in [0, 0.05) is 43.2 Å². The Kier molecular flexibility index (Phi) is 4.65. The Hall–Kier alpha value is -2.02. The van der Waals surface area contributed by atoms with Crippen LogP contribution in [-0.4, -0.2) is 59.3 Å². The van der Waals surface area contributed by atoms with Crippen molar-refractivity contribution in [1.29, 1.82) is 0 Å². The zero-order valence-corrected chi connectivity index (χ0v) is 15.2. The average molecular weight is 354 g/mol. The molecule has 130 valence electrons. The quantitative estimate of drug-likeness (QED) is 0.781. The predicted molar refractivity (Wildman–Crippen MR) is 103 cm³/mol. The van der Waals surface area contributed by atoms with E-state index in [9.17, 15) is 0 Å². The van der Waals surface area contributed by atoms with Gasteiger partial charge in [-0.25, -0.2) is 9.97 Å². The number of hydrogen-bond donors (Lipinski definition) is 1. The zero-order valence-electron chi connectivity index (χ0n) is 14.4. The maximum absolute atomic E-state index is 9.13. The number of hydrogen-bond acceptors (Lipinski definition) is 6. The molecule has 25 heavy (non-hydrogen) atoms. The Morgan fingerprint density at radius 1 is 1.08 bits per heavy atom. The van der Waals surface area contributed by atoms with Crippen molar-refractivity contribution < 1.29 is 5.11 Å². The van der Waals surface area contributed by atoms with Gasteiger partial charge in [0.2, 0.25) is 0 Å². The number of anilines is 1. The Morgan fingerprint density at radius 3 is 2.56 bits per heavy atom. The predicted octanol–water partition coefficient (Wildman–Crippen LogP) is 2.78. The summed E-state index contributed by atoms with van der Waals surface area (Å²) in [6, 6.07) is 12.4. The van der Waals surface area contributed by atoms with E-state index in [0.29, 0.717) is 0 Å². The summed E-state index contributed by atoms with van der Waals surface area (Å²) in [6.07, 6.45) is 0. The second-order valence-corrected chi connectivity index (χ2v) is 7.60. The van der Waals surface area contributed by atoms with Crippen LogP contribution in [0.5, 0.6) is 0 Å². The molecule has 1 N–H and O–H groups in total. The zero-order chi connectivity index (χ0) is 17.2. The van der Waals surface area contributed by atoms with Gasteiger partial charge in [-0.05, 0) is 13.0 Å². The molecule has 0 amide bonds. The number of rotatable bonds is 4. The lowest BCUT2D eigenvalue weighted by Gasteiger charge is -2.35. The van der Waals surface area contributed by atoms with Crippen molar-refractivity contribution in [2.45, 2.75) is 6.92 Å². The summed E-state index contributed by atoms with van der Waals surface area (Å²) in [5.41, 5.74) is 1.05. The SMILES string of the molecule is Cc1cc2c(N3CCN(CCO)CC3)nc(-c3ccccc3)nc2s1. The van der Waals surface area contributed by atoms with Gasteiger partial charge in [-0.1, -0.05) is 30.3 Å². The van der Waals surface area contributed by atoms with E-state index in [1.165, 1.54) is 4.88 Å². The molecule has 5 nitrogen and oxygen atoms in total. The molecule has 0 unspecified atom stereocenters. The number of aryl methyl sites for hydroxylation is 1. The van der Waals surface area contributed by atoms with Crippen LogP contribution in [0.2, 0.25) is 0 Å². The van der Waals surface area contributed by atoms with E-state index in [1.807, 2.05) is 18.2 Å². The van der Waals surface area contributed by atoms with Gasteiger partial charge in [0.1, 0.15) is 10.6 Å². The van der Waals surface area contributed by atoms with Gasteiger partial charge in [-0.2, -0.15) is 0 Å². The van der Waals surface area contributed by atoms with Crippen molar-refractivity contribution in [2.24, 2.45) is 0 Å². The molecule has 0 bridgehead atoms. The molecule has 0 aliphatic carbocycles. The number of nitrogens with zero attached hydrogens (tertiary/aromatic N) is 4. The largest absolute Gasteiger partial charge is 0.395 e. The summed E-state index contributed by atoms with van der Waals surface area (Å²) >= 11 is 1.73. The lowest BCUT2D eigenvalue weighted by Crippen LogP contribution is -2.47. The van der Waals surface area contributed by atoms with Gasteiger partial charge < -0.3 is 10.0 Å². The van der Waals surface area contributed by atoms with Crippen molar-refractivity contribution in [3.8, 4) is 11.4 Å². The fraction of sp³-hybridized carbons (Fsp3) is 0.368. The first-order valence-corrected chi connectivity index (χ1v) is 9.48. The Labute approximate surface area is 151 Å². The van der Waals surface area contributed by atoms with Crippen molar-refractivity contribution in [3.63, 3.8) is 0 Å². The van der Waals surface area contributed by atoms with Gasteiger partial charge in [0.15, 0.2) is 5.82 Å². The molecular formula is C19H22N4OS. The third kappa shape index (κ3) is 3.38. The highest BCUT2D eigenvalue weighted by molar-refractivity contribution is 7.18. The van der Waals surface area contributed by atoms with Crippen LogP contribution in [0, 0.1) is 6.92 Å². The highest BCUT2D eigenvalue weighted by Crippen LogP contribution is 2.33. The Balaban J connectivity index is 1.72. The number of aromatic nitrogens is 2. The minimum Gasteiger partial charge on any atom is -0.395 e. The molecule has 3 heterocycles. The normalized spacial score (nSPS) is 15.8. The van der Waals surface area contributed by atoms with Gasteiger partial charge >= 0.3 is 0 Å². The minimum absolute atomic E-state index is 0.222. The van der Waals surface area contributed by atoms with Crippen molar-refractivity contribution in [3.05, 3.63) is 41.3 Å². The number of benzene rings is 1. The molecule has 2 aromatic heterocycles. The third-order valence-electron chi connectivity index (χ3n) is 4.62. The molecule has 1 saturated heterocycles. The maximum atomic E-state index is 9.13. The summed E-state index contributed by atoms with van der Waals surface area (Å²) in [5.74, 6) is 1.83. The van der Waals surface area contributed by atoms with Crippen LogP contribution >= 0.6 is 11.3 Å². The second kappa shape index (κ2) is 7.07. The summed E-state index contributed by atoms with van der Waals surface area (Å²) in [4.78, 5) is 16.7. The van der Waals surface area contributed by atoms with E-state index in [-0.39, 0.29) is 6.61 Å². The van der Waals surface area contributed by atoms with Gasteiger partial charge in [-0.3, -0.25) is 4.90 Å². The van der Waals surface area contributed by atoms with E-state index >= 15 is 0 Å². The standard InChI is InChI=1S/C19H22N4OS/c1-14-13-16-18(23-9-7-22(8-10-23)11-12-24)20-17(21-19(16)25-14)15-5-3-2-4-6-15/h2-6,13,24H,7-12H2,1H3. The van der Waals surface area contributed by atoms with E-state index in [1.54, 1.807) is 11.3 Å². The molecule has 6 heteroatoms. The highest BCUT2D eigenvalue weighted by Gasteiger charge is 2.21. The molecule has 1 aliphatic rings. The molecular weight excluding hydrogens is 332 g/mol. The lowest BCUT2D eigenvalue weighted by atomic mass is 10.2. The molecule has 0 atom stereocenters. The van der Waals surface area contributed by atoms with Crippen LogP contribution in [0.15, 0.2) is 36.4 Å². The van der Waals surface area contributed by atoms with Crippen molar-refractivity contribution in [2.75, 3.05) is 44.2 Å². The number of aliphatic hydroxyl groups excluding tert-OH is 1. The smallest absolute Gasteiger partial charge is 0.163 e. The fourth-order valence-corrected chi connectivity index (χ4v) is 4.18. The summed E-state index contributed by atoms with van der Waals surface area (Å²) < 4.78 is 0. The minimum atomic E-state index is 0.222. The number of β-amino-alcohol motifs (C(OH)–C–C–N with tert-alkyl or cyclic N) is 1. The molecule has 0 radical (unpaired) electrons. The van der Waals surface area contributed by atoms with E-state index < -0.39 is 0 Å². The first-order valence-electron chi connectivity index (χ1n) is 8.66. The van der Waals surface area contributed by atoms with Crippen LogP contribution in [0.4, 0.5) is 5.82 Å². The highest BCUT2D eigenvalue weighted by atomic mass is 32.1.